The number of benzene rings is 1. The van der Waals surface area contributed by atoms with Gasteiger partial charge in [0.15, 0.2) is 0 Å². The molecule has 2 rings (SSSR count). The van der Waals surface area contributed by atoms with Gasteiger partial charge in [-0.2, -0.15) is 0 Å². The smallest absolute Gasteiger partial charge is 0.407 e. The maximum absolute atomic E-state index is 12.4. The van der Waals surface area contributed by atoms with Crippen LogP contribution in [-0.4, -0.2) is 43.3 Å². The Hall–Kier alpha value is -2.61. The number of hydrogen-bond donors (Lipinski definition) is 3. The zero-order chi connectivity index (χ0) is 22.0. The molecule has 0 atom stereocenters. The van der Waals surface area contributed by atoms with E-state index in [1.807, 2.05) is 24.3 Å². The van der Waals surface area contributed by atoms with Crippen molar-refractivity contribution >= 4 is 23.6 Å². The summed E-state index contributed by atoms with van der Waals surface area (Å²) in [5, 5.41) is 8.33. The summed E-state index contributed by atoms with van der Waals surface area (Å²) in [6, 6.07) is 7.40. The van der Waals surface area contributed by atoms with Gasteiger partial charge < -0.3 is 25.4 Å². The lowest BCUT2D eigenvalue weighted by Crippen LogP contribution is -2.35. The highest BCUT2D eigenvalue weighted by molar-refractivity contribution is 5.91. The van der Waals surface area contributed by atoms with Gasteiger partial charge in [-0.3, -0.25) is 9.59 Å². The predicted octanol–water partition coefficient (Wildman–Crippen LogP) is 2.97. The highest BCUT2D eigenvalue weighted by Crippen LogP contribution is 2.21. The van der Waals surface area contributed by atoms with Crippen molar-refractivity contribution in [3.63, 3.8) is 0 Å². The molecule has 1 saturated heterocycles. The van der Waals surface area contributed by atoms with Crippen molar-refractivity contribution in [2.24, 2.45) is 5.92 Å². The van der Waals surface area contributed by atoms with Crippen molar-refractivity contribution in [3.05, 3.63) is 29.8 Å². The number of alkyl carbamates (subject to hydrolysis) is 1. The van der Waals surface area contributed by atoms with Crippen LogP contribution in [0.2, 0.25) is 0 Å². The van der Waals surface area contributed by atoms with Gasteiger partial charge in [-0.1, -0.05) is 18.2 Å². The lowest BCUT2D eigenvalue weighted by atomic mass is 9.96. The molecule has 1 aromatic rings. The maximum Gasteiger partial charge on any atom is 0.407 e. The first kappa shape index (κ1) is 23.7. The van der Waals surface area contributed by atoms with Crippen LogP contribution in [-0.2, 0) is 25.6 Å². The van der Waals surface area contributed by atoms with E-state index in [0.717, 1.165) is 18.4 Å². The quantitative estimate of drug-likeness (QED) is 0.601. The molecule has 1 heterocycles. The second kappa shape index (κ2) is 11.5. The minimum Gasteiger partial charge on any atom is -0.444 e. The monoisotopic (exact) mass is 419 g/mol. The van der Waals surface area contributed by atoms with E-state index in [1.165, 1.54) is 0 Å². The van der Waals surface area contributed by atoms with Gasteiger partial charge in [0, 0.05) is 44.8 Å². The Morgan fingerprint density at radius 3 is 2.47 bits per heavy atom. The molecule has 0 aliphatic carbocycles. The van der Waals surface area contributed by atoms with E-state index in [-0.39, 0.29) is 24.8 Å². The Morgan fingerprint density at radius 1 is 1.07 bits per heavy atom. The van der Waals surface area contributed by atoms with Crippen molar-refractivity contribution in [2.45, 2.75) is 58.6 Å². The predicted molar refractivity (Wildman–Crippen MR) is 114 cm³/mol. The summed E-state index contributed by atoms with van der Waals surface area (Å²) in [6.07, 6.45) is 1.87. The second-order valence-corrected chi connectivity index (χ2v) is 8.42. The molecule has 3 amide bonds. The first-order chi connectivity index (χ1) is 14.2. The number of rotatable bonds is 8. The summed E-state index contributed by atoms with van der Waals surface area (Å²) >= 11 is 0. The number of anilines is 1. The van der Waals surface area contributed by atoms with Gasteiger partial charge in [0.2, 0.25) is 11.8 Å². The summed E-state index contributed by atoms with van der Waals surface area (Å²) in [6.45, 7) is 7.23. The number of carbonyl (C=O) groups excluding carboxylic acids is 3. The molecule has 30 heavy (non-hydrogen) atoms. The average Bonchev–Trinajstić information content (AvgIpc) is 2.66. The lowest BCUT2D eigenvalue weighted by Gasteiger charge is -2.21. The van der Waals surface area contributed by atoms with E-state index in [1.54, 1.807) is 20.8 Å². The van der Waals surface area contributed by atoms with Crippen LogP contribution in [0.4, 0.5) is 10.5 Å². The Bertz CT molecular complexity index is 724. The van der Waals surface area contributed by atoms with Crippen molar-refractivity contribution in [1.29, 1.82) is 0 Å². The zero-order valence-corrected chi connectivity index (χ0v) is 18.1. The van der Waals surface area contributed by atoms with Crippen LogP contribution in [0.25, 0.3) is 0 Å². The van der Waals surface area contributed by atoms with Crippen molar-refractivity contribution in [2.75, 3.05) is 25.1 Å². The van der Waals surface area contributed by atoms with Gasteiger partial charge >= 0.3 is 6.09 Å². The first-order valence-corrected chi connectivity index (χ1v) is 10.4. The minimum absolute atomic E-state index is 0.0257. The fraction of sp³-hybridized carbons (Fsp3) is 0.591. The molecule has 0 aromatic heterocycles. The average molecular weight is 420 g/mol. The van der Waals surface area contributed by atoms with Gasteiger partial charge in [-0.25, -0.2) is 4.79 Å². The number of para-hydroxylation sites is 1. The SMILES string of the molecule is CC(C)(C)OC(=O)NCCC(=O)NCc1ccccc1NC(=O)CC1CCOCC1. The van der Waals surface area contributed by atoms with E-state index < -0.39 is 11.7 Å². The normalized spacial score (nSPS) is 14.6. The molecule has 0 unspecified atom stereocenters. The molecular weight excluding hydrogens is 386 g/mol. The van der Waals surface area contributed by atoms with Crippen LogP contribution in [0.15, 0.2) is 24.3 Å². The highest BCUT2D eigenvalue weighted by Gasteiger charge is 2.18. The van der Waals surface area contributed by atoms with Gasteiger partial charge in [0.05, 0.1) is 0 Å². The molecule has 1 aliphatic heterocycles. The summed E-state index contributed by atoms with van der Waals surface area (Å²) in [7, 11) is 0. The molecule has 8 nitrogen and oxygen atoms in total. The molecule has 166 valence electrons. The molecular formula is C22H33N3O5. The molecule has 0 spiro atoms. The van der Waals surface area contributed by atoms with Gasteiger partial charge in [0.1, 0.15) is 5.60 Å². The number of carbonyl (C=O) groups is 3. The lowest BCUT2D eigenvalue weighted by molar-refractivity contribution is -0.121. The fourth-order valence-electron chi connectivity index (χ4n) is 3.08. The summed E-state index contributed by atoms with van der Waals surface area (Å²) in [5.74, 6) is 0.125. The third-order valence-corrected chi connectivity index (χ3v) is 4.60. The van der Waals surface area contributed by atoms with E-state index in [9.17, 15) is 14.4 Å². The third kappa shape index (κ3) is 9.26. The number of amides is 3. The van der Waals surface area contributed by atoms with Crippen LogP contribution in [0, 0.1) is 5.92 Å². The van der Waals surface area contributed by atoms with Crippen molar-refractivity contribution in [3.8, 4) is 0 Å². The van der Waals surface area contributed by atoms with Crippen LogP contribution < -0.4 is 16.0 Å². The highest BCUT2D eigenvalue weighted by atomic mass is 16.6. The van der Waals surface area contributed by atoms with Crippen LogP contribution in [0.5, 0.6) is 0 Å². The molecule has 0 bridgehead atoms. The number of ether oxygens (including phenoxy) is 2. The van der Waals surface area contributed by atoms with E-state index in [2.05, 4.69) is 16.0 Å². The molecule has 1 aliphatic rings. The standard InChI is InChI=1S/C22H33N3O5/c1-22(2,3)30-21(28)23-11-8-19(26)24-15-17-6-4-5-7-18(17)25-20(27)14-16-9-12-29-13-10-16/h4-7,16H,8-15H2,1-3H3,(H,23,28)(H,24,26)(H,25,27). The van der Waals surface area contributed by atoms with E-state index in [0.29, 0.717) is 37.8 Å². The molecule has 8 heteroatoms. The largest absolute Gasteiger partial charge is 0.444 e. The van der Waals surface area contributed by atoms with E-state index in [4.69, 9.17) is 9.47 Å². The zero-order valence-electron chi connectivity index (χ0n) is 18.1. The number of hydrogen-bond acceptors (Lipinski definition) is 5. The molecule has 0 radical (unpaired) electrons. The van der Waals surface area contributed by atoms with Gasteiger partial charge in [-0.15, -0.1) is 0 Å². The molecule has 3 N–H and O–H groups in total. The fourth-order valence-corrected chi connectivity index (χ4v) is 3.08. The van der Waals surface area contributed by atoms with Crippen molar-refractivity contribution in [1.82, 2.24) is 10.6 Å². The minimum atomic E-state index is -0.578. The molecule has 1 fully saturated rings. The second-order valence-electron chi connectivity index (χ2n) is 8.42. The van der Waals surface area contributed by atoms with Gasteiger partial charge in [-0.05, 0) is 51.2 Å². The van der Waals surface area contributed by atoms with Gasteiger partial charge in [0.25, 0.3) is 0 Å². The van der Waals surface area contributed by atoms with Crippen LogP contribution in [0.1, 0.15) is 52.0 Å². The topological polar surface area (TPSA) is 106 Å². The Morgan fingerprint density at radius 2 is 1.77 bits per heavy atom. The Kier molecular flexibility index (Phi) is 9.11. The summed E-state index contributed by atoms with van der Waals surface area (Å²) < 4.78 is 10.5. The van der Waals surface area contributed by atoms with Crippen molar-refractivity contribution < 1.29 is 23.9 Å². The maximum atomic E-state index is 12.4. The van der Waals surface area contributed by atoms with E-state index >= 15 is 0 Å². The van der Waals surface area contributed by atoms with Crippen LogP contribution >= 0.6 is 0 Å². The van der Waals surface area contributed by atoms with Crippen LogP contribution in [0.3, 0.4) is 0 Å². The Balaban J connectivity index is 1.75. The number of nitrogens with one attached hydrogen (secondary N) is 3. The summed E-state index contributed by atoms with van der Waals surface area (Å²) in [5.41, 5.74) is 0.943. The summed E-state index contributed by atoms with van der Waals surface area (Å²) in [4.78, 5) is 36.1. The third-order valence-electron chi connectivity index (χ3n) is 4.60. The molecule has 1 aromatic carbocycles. The molecule has 0 saturated carbocycles. The Labute approximate surface area is 178 Å². The first-order valence-electron chi connectivity index (χ1n) is 10.4.